The third kappa shape index (κ3) is 2.80. The maximum absolute atomic E-state index is 12.4. The average Bonchev–Trinajstić information content (AvgIpc) is 2.53. The summed E-state index contributed by atoms with van der Waals surface area (Å²) in [6.45, 7) is 4.06. The molecule has 5 heteroatoms. The van der Waals surface area contributed by atoms with E-state index in [0.29, 0.717) is 12.2 Å². The molecule has 0 aliphatic carbocycles. The first-order valence-corrected chi connectivity index (χ1v) is 8.52. The van der Waals surface area contributed by atoms with E-state index in [1.54, 1.807) is 12.1 Å². The number of fused-ring (bicyclic) bond motifs is 2. The molecule has 25 heavy (non-hydrogen) atoms. The van der Waals surface area contributed by atoms with Crippen LogP contribution in [0, 0.1) is 0 Å². The van der Waals surface area contributed by atoms with Gasteiger partial charge in [0.25, 0.3) is 0 Å². The Morgan fingerprint density at radius 1 is 1.12 bits per heavy atom. The van der Waals surface area contributed by atoms with Crippen LogP contribution in [0.15, 0.2) is 48.5 Å². The van der Waals surface area contributed by atoms with Crippen molar-refractivity contribution in [3.8, 4) is 11.5 Å². The molecule has 1 spiro atoms. The number of nitrogens with one attached hydrogen (secondary N) is 2. The monoisotopic (exact) mass is 338 g/mol. The topological polar surface area (TPSA) is 70.6 Å². The SMILES string of the molecule is CC1(C)C[C@]2(C[C@@H](c3ccccc3)Oc3cc(O)ccc32)NC(=O)N1. The van der Waals surface area contributed by atoms with E-state index in [-0.39, 0.29) is 23.4 Å². The highest BCUT2D eigenvalue weighted by molar-refractivity contribution is 5.77. The number of hydrogen-bond donors (Lipinski definition) is 3. The molecular weight excluding hydrogens is 316 g/mol. The molecule has 2 aliphatic heterocycles. The van der Waals surface area contributed by atoms with Crippen LogP contribution in [-0.4, -0.2) is 16.7 Å². The Labute approximate surface area is 147 Å². The van der Waals surface area contributed by atoms with Gasteiger partial charge in [0.1, 0.15) is 17.6 Å². The lowest BCUT2D eigenvalue weighted by Crippen LogP contribution is -2.65. The minimum absolute atomic E-state index is 0.155. The predicted molar refractivity (Wildman–Crippen MR) is 94.6 cm³/mol. The van der Waals surface area contributed by atoms with Crippen molar-refractivity contribution in [2.24, 2.45) is 0 Å². The highest BCUT2D eigenvalue weighted by Crippen LogP contribution is 2.49. The van der Waals surface area contributed by atoms with Gasteiger partial charge in [0.15, 0.2) is 0 Å². The average molecular weight is 338 g/mol. The summed E-state index contributed by atoms with van der Waals surface area (Å²) in [6, 6.07) is 14.9. The van der Waals surface area contributed by atoms with E-state index in [1.807, 2.05) is 50.2 Å². The van der Waals surface area contributed by atoms with Gasteiger partial charge in [-0.25, -0.2) is 4.79 Å². The lowest BCUT2D eigenvalue weighted by molar-refractivity contribution is 0.0732. The zero-order valence-electron chi connectivity index (χ0n) is 14.4. The van der Waals surface area contributed by atoms with Gasteiger partial charge >= 0.3 is 6.03 Å². The second kappa shape index (κ2) is 5.41. The summed E-state index contributed by atoms with van der Waals surface area (Å²) < 4.78 is 6.20. The van der Waals surface area contributed by atoms with Gasteiger partial charge < -0.3 is 20.5 Å². The van der Waals surface area contributed by atoms with Gasteiger partial charge in [0.2, 0.25) is 0 Å². The number of phenolic OH excluding ortho intramolecular Hbond substituents is 1. The molecule has 2 atom stereocenters. The molecule has 0 bridgehead atoms. The van der Waals surface area contributed by atoms with Crippen LogP contribution in [0.25, 0.3) is 0 Å². The van der Waals surface area contributed by atoms with Crippen LogP contribution in [0.1, 0.15) is 43.9 Å². The number of rotatable bonds is 1. The van der Waals surface area contributed by atoms with Crippen LogP contribution in [0.2, 0.25) is 0 Å². The highest BCUT2D eigenvalue weighted by atomic mass is 16.5. The molecule has 2 heterocycles. The molecule has 0 aromatic heterocycles. The van der Waals surface area contributed by atoms with Crippen molar-refractivity contribution >= 4 is 6.03 Å². The number of ether oxygens (including phenoxy) is 1. The van der Waals surface area contributed by atoms with Gasteiger partial charge in [0, 0.05) is 23.6 Å². The molecule has 0 unspecified atom stereocenters. The van der Waals surface area contributed by atoms with Crippen molar-refractivity contribution in [2.75, 3.05) is 0 Å². The minimum atomic E-state index is -0.534. The van der Waals surface area contributed by atoms with Gasteiger partial charge in [0.05, 0.1) is 5.54 Å². The first kappa shape index (κ1) is 15.8. The maximum Gasteiger partial charge on any atom is 0.315 e. The zero-order valence-corrected chi connectivity index (χ0v) is 14.4. The van der Waals surface area contributed by atoms with Crippen LogP contribution >= 0.6 is 0 Å². The van der Waals surface area contributed by atoms with Gasteiger partial charge in [-0.3, -0.25) is 0 Å². The Hall–Kier alpha value is -2.69. The zero-order chi connectivity index (χ0) is 17.7. The van der Waals surface area contributed by atoms with Crippen molar-refractivity contribution < 1.29 is 14.6 Å². The molecule has 0 saturated carbocycles. The lowest BCUT2D eigenvalue weighted by atomic mass is 9.72. The molecule has 0 radical (unpaired) electrons. The second-order valence-corrected chi connectivity index (χ2v) is 7.62. The van der Waals surface area contributed by atoms with E-state index in [1.165, 1.54) is 0 Å². The van der Waals surface area contributed by atoms with E-state index in [9.17, 15) is 9.90 Å². The number of amides is 2. The van der Waals surface area contributed by atoms with E-state index in [2.05, 4.69) is 10.6 Å². The van der Waals surface area contributed by atoms with E-state index < -0.39 is 5.54 Å². The fraction of sp³-hybridized carbons (Fsp3) is 0.350. The minimum Gasteiger partial charge on any atom is -0.508 e. The molecule has 2 aromatic carbocycles. The van der Waals surface area contributed by atoms with Gasteiger partial charge in [-0.05, 0) is 38.0 Å². The molecule has 1 fully saturated rings. The molecule has 1 saturated heterocycles. The van der Waals surface area contributed by atoms with Crippen molar-refractivity contribution in [3.63, 3.8) is 0 Å². The fourth-order valence-corrected chi connectivity index (χ4v) is 4.16. The van der Waals surface area contributed by atoms with E-state index in [0.717, 1.165) is 17.5 Å². The Morgan fingerprint density at radius 2 is 1.88 bits per heavy atom. The largest absolute Gasteiger partial charge is 0.508 e. The fourth-order valence-electron chi connectivity index (χ4n) is 4.16. The first-order chi connectivity index (χ1) is 11.9. The number of carbonyl (C=O) groups excluding carboxylic acids is 1. The number of aromatic hydroxyl groups is 1. The summed E-state index contributed by atoms with van der Waals surface area (Å²) in [4.78, 5) is 12.4. The van der Waals surface area contributed by atoms with Crippen LogP contribution in [0.3, 0.4) is 0 Å². The summed E-state index contributed by atoms with van der Waals surface area (Å²) >= 11 is 0. The van der Waals surface area contributed by atoms with Crippen molar-refractivity contribution in [2.45, 2.75) is 43.9 Å². The maximum atomic E-state index is 12.4. The Balaban J connectivity index is 1.84. The number of hydrogen-bond acceptors (Lipinski definition) is 3. The van der Waals surface area contributed by atoms with Crippen molar-refractivity contribution in [1.82, 2.24) is 10.6 Å². The summed E-state index contributed by atoms with van der Waals surface area (Å²) in [6.07, 6.45) is 1.19. The first-order valence-electron chi connectivity index (χ1n) is 8.52. The summed E-state index contributed by atoms with van der Waals surface area (Å²) in [5.41, 5.74) is 1.10. The van der Waals surface area contributed by atoms with Gasteiger partial charge in [-0.15, -0.1) is 0 Å². The van der Waals surface area contributed by atoms with Crippen molar-refractivity contribution in [1.29, 1.82) is 0 Å². The van der Waals surface area contributed by atoms with Crippen molar-refractivity contribution in [3.05, 3.63) is 59.7 Å². The highest BCUT2D eigenvalue weighted by Gasteiger charge is 2.49. The normalized spacial score (nSPS) is 27.0. The molecule has 130 valence electrons. The second-order valence-electron chi connectivity index (χ2n) is 7.62. The predicted octanol–water partition coefficient (Wildman–Crippen LogP) is 3.59. The molecule has 4 rings (SSSR count). The van der Waals surface area contributed by atoms with E-state index in [4.69, 9.17) is 4.74 Å². The smallest absolute Gasteiger partial charge is 0.315 e. The lowest BCUT2D eigenvalue weighted by Gasteiger charge is -2.50. The van der Waals surface area contributed by atoms with Crippen LogP contribution in [0.4, 0.5) is 4.79 Å². The number of urea groups is 1. The molecule has 5 nitrogen and oxygen atoms in total. The molecule has 3 N–H and O–H groups in total. The summed E-state index contributed by atoms with van der Waals surface area (Å²) in [5, 5.41) is 16.0. The van der Waals surface area contributed by atoms with Gasteiger partial charge in [-0.2, -0.15) is 0 Å². The number of benzene rings is 2. The number of carbonyl (C=O) groups is 1. The number of phenols is 1. The van der Waals surface area contributed by atoms with Crippen LogP contribution in [0.5, 0.6) is 11.5 Å². The molecule has 2 aromatic rings. The van der Waals surface area contributed by atoms with E-state index >= 15 is 0 Å². The molecule has 2 aliphatic rings. The Kier molecular flexibility index (Phi) is 3.42. The third-order valence-corrected chi connectivity index (χ3v) is 5.00. The summed E-state index contributed by atoms with van der Waals surface area (Å²) in [5.74, 6) is 0.778. The Bertz CT molecular complexity index is 819. The third-order valence-electron chi connectivity index (χ3n) is 5.00. The van der Waals surface area contributed by atoms with Crippen LogP contribution in [-0.2, 0) is 5.54 Å². The standard InChI is InChI=1S/C20H22N2O3/c1-19(2)12-20(22-18(24)21-19)11-17(13-6-4-3-5-7-13)25-16-10-14(23)8-9-15(16)20/h3-10,17,23H,11-12H2,1-2H3,(H2,21,22,24)/t17-,20-/m0/s1. The molecule has 2 amide bonds. The Morgan fingerprint density at radius 3 is 2.60 bits per heavy atom. The van der Waals surface area contributed by atoms with Gasteiger partial charge in [-0.1, -0.05) is 30.3 Å². The van der Waals surface area contributed by atoms with Crippen LogP contribution < -0.4 is 15.4 Å². The quantitative estimate of drug-likeness (QED) is 0.744. The molecular formula is C20H22N2O3. The summed E-state index contributed by atoms with van der Waals surface area (Å²) in [7, 11) is 0.